The topological polar surface area (TPSA) is 46.3 Å². The zero-order valence-electron chi connectivity index (χ0n) is 9.69. The van der Waals surface area contributed by atoms with Crippen LogP contribution in [0.3, 0.4) is 0 Å². The Morgan fingerprint density at radius 2 is 2.19 bits per heavy atom. The van der Waals surface area contributed by atoms with Gasteiger partial charge in [0.25, 0.3) is 0 Å². The molecule has 0 aromatic heterocycles. The van der Waals surface area contributed by atoms with Gasteiger partial charge in [0, 0.05) is 19.0 Å². The number of nitrogens with zero attached hydrogens (tertiary/aromatic N) is 1. The third-order valence-corrected chi connectivity index (χ3v) is 3.95. The van der Waals surface area contributed by atoms with Crippen molar-refractivity contribution in [2.75, 3.05) is 6.54 Å². The van der Waals surface area contributed by atoms with Gasteiger partial charge in [-0.15, -0.1) is 12.3 Å². The Hall–Kier alpha value is -1.01. The maximum Gasteiger partial charge on any atom is 0.240 e. The van der Waals surface area contributed by atoms with Crippen LogP contribution in [-0.4, -0.2) is 29.4 Å². The average molecular weight is 220 g/mol. The molecule has 3 atom stereocenters. The molecule has 16 heavy (non-hydrogen) atoms. The fraction of sp³-hybridized carbons (Fsp3) is 0.769. The zero-order chi connectivity index (χ0) is 11.5. The molecular formula is C13H20N2O. The quantitative estimate of drug-likeness (QED) is 0.709. The lowest BCUT2D eigenvalue weighted by Gasteiger charge is -2.32. The van der Waals surface area contributed by atoms with Gasteiger partial charge in [-0.2, -0.15) is 0 Å². The van der Waals surface area contributed by atoms with Crippen LogP contribution in [0.2, 0.25) is 0 Å². The first kappa shape index (κ1) is 11.5. The molecule has 1 heterocycles. The Bertz CT molecular complexity index is 308. The van der Waals surface area contributed by atoms with Gasteiger partial charge < -0.3 is 10.6 Å². The predicted molar refractivity (Wildman–Crippen MR) is 63.5 cm³/mol. The smallest absolute Gasteiger partial charge is 0.240 e. The third kappa shape index (κ3) is 2.08. The van der Waals surface area contributed by atoms with E-state index in [1.165, 1.54) is 19.3 Å². The SMILES string of the molecule is C#CCC(N)C(=O)N1CCC2CCCCC21. The summed E-state index contributed by atoms with van der Waals surface area (Å²) in [5.41, 5.74) is 5.80. The molecule has 0 radical (unpaired) electrons. The molecule has 2 N–H and O–H groups in total. The van der Waals surface area contributed by atoms with E-state index < -0.39 is 6.04 Å². The van der Waals surface area contributed by atoms with Crippen molar-refractivity contribution >= 4 is 5.91 Å². The minimum atomic E-state index is -0.495. The number of fused-ring (bicyclic) bond motifs is 1. The van der Waals surface area contributed by atoms with Gasteiger partial charge in [-0.3, -0.25) is 4.79 Å². The van der Waals surface area contributed by atoms with Crippen LogP contribution in [0, 0.1) is 18.3 Å². The van der Waals surface area contributed by atoms with Crippen LogP contribution in [0.15, 0.2) is 0 Å². The van der Waals surface area contributed by atoms with Crippen LogP contribution < -0.4 is 5.73 Å². The molecule has 0 aromatic rings. The number of amides is 1. The Balaban J connectivity index is 1.99. The minimum Gasteiger partial charge on any atom is -0.338 e. The number of hydrogen-bond acceptors (Lipinski definition) is 2. The molecular weight excluding hydrogens is 200 g/mol. The Kier molecular flexibility index (Phi) is 3.50. The molecule has 2 fully saturated rings. The fourth-order valence-corrected chi connectivity index (χ4v) is 3.11. The van der Waals surface area contributed by atoms with Gasteiger partial charge in [-0.05, 0) is 25.2 Å². The summed E-state index contributed by atoms with van der Waals surface area (Å²) in [6, 6.07) is -0.0456. The molecule has 3 heteroatoms. The van der Waals surface area contributed by atoms with Gasteiger partial charge >= 0.3 is 0 Å². The molecule has 1 saturated heterocycles. The van der Waals surface area contributed by atoms with E-state index in [0.29, 0.717) is 12.5 Å². The predicted octanol–water partition coefficient (Wildman–Crippen LogP) is 1.13. The molecule has 0 bridgehead atoms. The second kappa shape index (κ2) is 4.88. The highest BCUT2D eigenvalue weighted by Gasteiger charge is 2.39. The number of nitrogens with two attached hydrogens (primary N) is 1. The van der Waals surface area contributed by atoms with Crippen molar-refractivity contribution in [2.24, 2.45) is 11.7 Å². The van der Waals surface area contributed by atoms with Crippen LogP contribution in [0.4, 0.5) is 0 Å². The summed E-state index contributed by atoms with van der Waals surface area (Å²) < 4.78 is 0. The van der Waals surface area contributed by atoms with Crippen LogP contribution in [-0.2, 0) is 4.79 Å². The lowest BCUT2D eigenvalue weighted by atomic mass is 9.85. The molecule has 2 rings (SSSR count). The number of terminal acetylenes is 1. The number of likely N-dealkylation sites (tertiary alicyclic amines) is 1. The largest absolute Gasteiger partial charge is 0.338 e. The van der Waals surface area contributed by atoms with Crippen LogP contribution in [0.5, 0.6) is 0 Å². The second-order valence-electron chi connectivity index (χ2n) is 4.95. The number of rotatable bonds is 2. The maximum atomic E-state index is 12.1. The molecule has 0 aromatic carbocycles. The first-order valence-corrected chi connectivity index (χ1v) is 6.23. The average Bonchev–Trinajstić information content (AvgIpc) is 2.72. The minimum absolute atomic E-state index is 0.0624. The van der Waals surface area contributed by atoms with E-state index in [1.807, 2.05) is 4.90 Å². The molecule has 2 aliphatic rings. The van der Waals surface area contributed by atoms with Crippen molar-refractivity contribution in [3.63, 3.8) is 0 Å². The molecule has 3 unspecified atom stereocenters. The van der Waals surface area contributed by atoms with E-state index in [9.17, 15) is 4.79 Å². The lowest BCUT2D eigenvalue weighted by Crippen LogP contribution is -2.47. The number of hydrogen-bond donors (Lipinski definition) is 1. The molecule has 1 aliphatic heterocycles. The second-order valence-corrected chi connectivity index (χ2v) is 4.95. The number of carbonyl (C=O) groups excluding carboxylic acids is 1. The molecule has 0 spiro atoms. The van der Waals surface area contributed by atoms with Crippen LogP contribution >= 0.6 is 0 Å². The fourth-order valence-electron chi connectivity index (χ4n) is 3.11. The molecule has 1 amide bonds. The van der Waals surface area contributed by atoms with Crippen LogP contribution in [0.25, 0.3) is 0 Å². The summed E-state index contributed by atoms with van der Waals surface area (Å²) >= 11 is 0. The van der Waals surface area contributed by atoms with E-state index in [4.69, 9.17) is 12.2 Å². The highest BCUT2D eigenvalue weighted by Crippen LogP contribution is 2.36. The van der Waals surface area contributed by atoms with Crippen molar-refractivity contribution in [2.45, 2.75) is 50.6 Å². The molecule has 1 aliphatic carbocycles. The Morgan fingerprint density at radius 1 is 1.44 bits per heavy atom. The zero-order valence-corrected chi connectivity index (χ0v) is 9.69. The monoisotopic (exact) mass is 220 g/mol. The van der Waals surface area contributed by atoms with Gasteiger partial charge in [-0.25, -0.2) is 0 Å². The van der Waals surface area contributed by atoms with E-state index in [-0.39, 0.29) is 5.91 Å². The van der Waals surface area contributed by atoms with Gasteiger partial charge in [-0.1, -0.05) is 12.8 Å². The van der Waals surface area contributed by atoms with Crippen molar-refractivity contribution in [3.8, 4) is 12.3 Å². The van der Waals surface area contributed by atoms with Crippen LogP contribution in [0.1, 0.15) is 38.5 Å². The first-order valence-electron chi connectivity index (χ1n) is 6.23. The normalized spacial score (nSPS) is 30.6. The Morgan fingerprint density at radius 3 is 2.94 bits per heavy atom. The van der Waals surface area contributed by atoms with E-state index in [2.05, 4.69) is 5.92 Å². The van der Waals surface area contributed by atoms with Gasteiger partial charge in [0.1, 0.15) is 0 Å². The lowest BCUT2D eigenvalue weighted by molar-refractivity contribution is -0.134. The maximum absolute atomic E-state index is 12.1. The third-order valence-electron chi connectivity index (χ3n) is 3.95. The van der Waals surface area contributed by atoms with Crippen molar-refractivity contribution in [1.29, 1.82) is 0 Å². The molecule has 88 valence electrons. The van der Waals surface area contributed by atoms with Crippen molar-refractivity contribution in [3.05, 3.63) is 0 Å². The summed E-state index contributed by atoms with van der Waals surface area (Å²) in [6.07, 6.45) is 11.7. The van der Waals surface area contributed by atoms with Crippen molar-refractivity contribution < 1.29 is 4.79 Å². The van der Waals surface area contributed by atoms with Gasteiger partial charge in [0.05, 0.1) is 6.04 Å². The summed E-state index contributed by atoms with van der Waals surface area (Å²) in [5.74, 6) is 3.25. The van der Waals surface area contributed by atoms with Gasteiger partial charge in [0.2, 0.25) is 5.91 Å². The van der Waals surface area contributed by atoms with Crippen molar-refractivity contribution in [1.82, 2.24) is 4.90 Å². The van der Waals surface area contributed by atoms with E-state index in [0.717, 1.165) is 25.3 Å². The Labute approximate surface area is 97.4 Å². The summed E-state index contributed by atoms with van der Waals surface area (Å²) in [5, 5.41) is 0. The van der Waals surface area contributed by atoms with E-state index in [1.54, 1.807) is 0 Å². The number of carbonyl (C=O) groups is 1. The summed E-state index contributed by atoms with van der Waals surface area (Å²) in [4.78, 5) is 14.1. The van der Waals surface area contributed by atoms with Gasteiger partial charge in [0.15, 0.2) is 0 Å². The standard InChI is InChI=1S/C13H20N2O/c1-2-5-11(14)13(16)15-9-8-10-6-3-4-7-12(10)15/h1,10-12H,3-9,14H2. The van der Waals surface area contributed by atoms with E-state index >= 15 is 0 Å². The first-order chi connectivity index (χ1) is 7.74. The summed E-state index contributed by atoms with van der Waals surface area (Å²) in [7, 11) is 0. The molecule has 1 saturated carbocycles. The molecule has 3 nitrogen and oxygen atoms in total. The highest BCUT2D eigenvalue weighted by atomic mass is 16.2. The highest BCUT2D eigenvalue weighted by molar-refractivity contribution is 5.82. The summed E-state index contributed by atoms with van der Waals surface area (Å²) in [6.45, 7) is 0.881.